The molecule has 2 aromatic rings. The first-order chi connectivity index (χ1) is 11.3. The number of hydrogen-bond acceptors (Lipinski definition) is 0. The van der Waals surface area contributed by atoms with Gasteiger partial charge in [-0.3, -0.25) is 0 Å². The van der Waals surface area contributed by atoms with Crippen molar-refractivity contribution in [2.75, 3.05) is 0 Å². The predicted octanol–water partition coefficient (Wildman–Crippen LogP) is 6.04. The molecule has 4 aliphatic carbocycles. The highest BCUT2D eigenvalue weighted by molar-refractivity contribution is 5.54. The Balaban J connectivity index is 2.29. The quantitative estimate of drug-likeness (QED) is 0.555. The summed E-state index contributed by atoms with van der Waals surface area (Å²) in [4.78, 5) is 0. The van der Waals surface area contributed by atoms with Gasteiger partial charge >= 0.3 is 0 Å². The van der Waals surface area contributed by atoms with Crippen molar-refractivity contribution in [3.8, 4) is 0 Å². The van der Waals surface area contributed by atoms with Gasteiger partial charge in [0.05, 0.1) is 0 Å². The Morgan fingerprint density at radius 1 is 0.292 bits per heavy atom. The van der Waals surface area contributed by atoms with Gasteiger partial charge in [0.2, 0.25) is 0 Å². The molecule has 0 heterocycles. The van der Waals surface area contributed by atoms with Crippen LogP contribution in [0.15, 0.2) is 0 Å². The molecule has 4 bridgehead atoms. The van der Waals surface area contributed by atoms with Crippen molar-refractivity contribution < 1.29 is 0 Å². The molecule has 0 unspecified atom stereocenters. The minimum atomic E-state index is 1.17. The fourth-order valence-electron chi connectivity index (χ4n) is 4.94. The lowest BCUT2D eigenvalue weighted by molar-refractivity contribution is 0.851. The summed E-state index contributed by atoms with van der Waals surface area (Å²) in [6.07, 6.45) is 4.66. The minimum Gasteiger partial charge on any atom is -0.0444 e. The summed E-state index contributed by atoms with van der Waals surface area (Å²) in [7, 11) is 0. The molecule has 6 rings (SSSR count). The molecule has 128 valence electrons. The van der Waals surface area contributed by atoms with Gasteiger partial charge in [0, 0.05) is 0 Å². The number of benzene rings is 2. The van der Waals surface area contributed by atoms with Crippen molar-refractivity contribution in [1.82, 2.24) is 0 Å². The first-order valence-electron chi connectivity index (χ1n) is 9.41. The normalized spacial score (nSPS) is 14.0. The van der Waals surface area contributed by atoms with Crippen molar-refractivity contribution >= 4 is 0 Å². The van der Waals surface area contributed by atoms with Crippen LogP contribution in [0.4, 0.5) is 0 Å². The van der Waals surface area contributed by atoms with Crippen LogP contribution in [0, 0.1) is 55.4 Å². The first kappa shape index (κ1) is 17.3. The van der Waals surface area contributed by atoms with E-state index in [1.807, 2.05) is 0 Å². The van der Waals surface area contributed by atoms with E-state index >= 15 is 0 Å². The van der Waals surface area contributed by atoms with Crippen molar-refractivity contribution in [2.45, 2.75) is 81.1 Å². The van der Waals surface area contributed by atoms with E-state index in [-0.39, 0.29) is 0 Å². The van der Waals surface area contributed by atoms with Gasteiger partial charge < -0.3 is 0 Å². The average Bonchev–Trinajstić information content (AvgIpc) is 2.55. The lowest BCUT2D eigenvalue weighted by Crippen LogP contribution is -2.13. The summed E-state index contributed by atoms with van der Waals surface area (Å²) >= 11 is 0. The zero-order valence-corrected chi connectivity index (χ0v) is 16.8. The molecule has 0 N–H and O–H groups in total. The van der Waals surface area contributed by atoms with Crippen LogP contribution in [-0.4, -0.2) is 0 Å². The second-order valence-corrected chi connectivity index (χ2v) is 7.91. The second-order valence-electron chi connectivity index (χ2n) is 7.91. The predicted molar refractivity (Wildman–Crippen MR) is 106 cm³/mol. The maximum Gasteiger partial charge on any atom is -0.0233 e. The van der Waals surface area contributed by atoms with Crippen molar-refractivity contribution in [2.24, 2.45) is 0 Å². The Morgan fingerprint density at radius 2 is 0.417 bits per heavy atom. The summed E-state index contributed by atoms with van der Waals surface area (Å²) < 4.78 is 0. The third kappa shape index (κ3) is 2.42. The van der Waals surface area contributed by atoms with E-state index in [1.165, 1.54) is 70.2 Å². The molecular formula is C24H32. The molecule has 0 amide bonds. The number of hydrogen-bond donors (Lipinski definition) is 0. The molecule has 0 aliphatic heterocycles. The van der Waals surface area contributed by atoms with Crippen molar-refractivity contribution in [1.29, 1.82) is 0 Å². The first-order valence-corrected chi connectivity index (χ1v) is 9.41. The van der Waals surface area contributed by atoms with Gasteiger partial charge in [-0.15, -0.1) is 0 Å². The van der Waals surface area contributed by atoms with Crippen LogP contribution >= 0.6 is 0 Å². The third-order valence-electron chi connectivity index (χ3n) is 7.12. The van der Waals surface area contributed by atoms with Crippen LogP contribution in [-0.2, 0) is 25.7 Å². The molecular weight excluding hydrogens is 288 g/mol. The minimum absolute atomic E-state index is 1.17. The molecule has 0 radical (unpaired) electrons. The summed E-state index contributed by atoms with van der Waals surface area (Å²) in [5, 5.41) is 0. The highest BCUT2D eigenvalue weighted by atomic mass is 14.2. The molecule has 2 aromatic carbocycles. The summed E-state index contributed by atoms with van der Waals surface area (Å²) in [6, 6.07) is 0. The molecule has 0 fully saturated rings. The van der Waals surface area contributed by atoms with Crippen LogP contribution in [0.1, 0.15) is 66.8 Å². The Bertz CT molecular complexity index is 635. The van der Waals surface area contributed by atoms with Crippen molar-refractivity contribution in [3.05, 3.63) is 66.8 Å². The summed E-state index contributed by atoms with van der Waals surface area (Å²) in [5.74, 6) is 0. The number of rotatable bonds is 0. The second kappa shape index (κ2) is 6.06. The summed E-state index contributed by atoms with van der Waals surface area (Å²) in [5.41, 5.74) is 18.6. The van der Waals surface area contributed by atoms with E-state index in [0.29, 0.717) is 0 Å². The molecule has 4 aliphatic rings. The van der Waals surface area contributed by atoms with Gasteiger partial charge in [-0.1, -0.05) is 0 Å². The van der Waals surface area contributed by atoms with E-state index in [0.717, 1.165) is 0 Å². The fraction of sp³-hybridized carbons (Fsp3) is 0.500. The largest absolute Gasteiger partial charge is 0.0444 e. The van der Waals surface area contributed by atoms with E-state index in [2.05, 4.69) is 55.4 Å². The van der Waals surface area contributed by atoms with Crippen LogP contribution < -0.4 is 0 Å². The maximum absolute atomic E-state index is 2.34. The molecule has 0 nitrogen and oxygen atoms in total. The molecule has 0 aromatic heterocycles. The van der Waals surface area contributed by atoms with Crippen LogP contribution in [0.3, 0.4) is 0 Å². The molecule has 0 saturated carbocycles. The highest BCUT2D eigenvalue weighted by Gasteiger charge is 2.20. The third-order valence-corrected chi connectivity index (χ3v) is 7.12. The Labute approximate surface area is 148 Å². The maximum atomic E-state index is 2.34. The van der Waals surface area contributed by atoms with E-state index in [1.54, 1.807) is 22.3 Å². The van der Waals surface area contributed by atoms with Gasteiger partial charge in [0.1, 0.15) is 0 Å². The van der Waals surface area contributed by atoms with Gasteiger partial charge in [-0.2, -0.15) is 0 Å². The molecule has 0 atom stereocenters. The van der Waals surface area contributed by atoms with Crippen LogP contribution in [0.5, 0.6) is 0 Å². The van der Waals surface area contributed by atoms with E-state index in [9.17, 15) is 0 Å². The lowest BCUT2D eigenvalue weighted by atomic mass is 9.79. The van der Waals surface area contributed by atoms with Crippen molar-refractivity contribution in [3.63, 3.8) is 0 Å². The van der Waals surface area contributed by atoms with Gasteiger partial charge in [0.15, 0.2) is 0 Å². The monoisotopic (exact) mass is 320 g/mol. The Kier molecular flexibility index (Phi) is 4.36. The van der Waals surface area contributed by atoms with Gasteiger partial charge in [-0.05, 0) is 148 Å². The zero-order valence-electron chi connectivity index (χ0n) is 16.8. The fourth-order valence-corrected chi connectivity index (χ4v) is 4.94. The molecule has 0 heteroatoms. The van der Waals surface area contributed by atoms with Crippen LogP contribution in [0.2, 0.25) is 0 Å². The van der Waals surface area contributed by atoms with Crippen LogP contribution in [0.25, 0.3) is 0 Å². The Hall–Kier alpha value is -1.56. The standard InChI is InChI=1S/C24H32/c1-13-14(2)22-11-12-24-19(7)17(5)23(18(6)20(24)8)10-9-21(13)15(3)16(22)4/h9-12H2,1-8H3. The summed E-state index contributed by atoms with van der Waals surface area (Å²) in [6.45, 7) is 18.7. The Morgan fingerprint density at radius 3 is 0.542 bits per heavy atom. The molecule has 0 saturated heterocycles. The highest BCUT2D eigenvalue weighted by Crippen LogP contribution is 2.34. The average molecular weight is 321 g/mol. The molecule has 24 heavy (non-hydrogen) atoms. The lowest BCUT2D eigenvalue weighted by Gasteiger charge is -2.26. The van der Waals surface area contributed by atoms with Gasteiger partial charge in [0.25, 0.3) is 0 Å². The smallest absolute Gasteiger partial charge is 0.0233 e. The molecule has 0 spiro atoms. The SMILES string of the molecule is Cc1c(C)c2c(C)c(C)c1CCc1c(C)c(C)c(c(C)c1C)CC2. The topological polar surface area (TPSA) is 0 Å². The van der Waals surface area contributed by atoms with Gasteiger partial charge in [-0.25, -0.2) is 0 Å². The zero-order chi connectivity index (χ0) is 17.8. The van der Waals surface area contributed by atoms with E-state index < -0.39 is 0 Å². The van der Waals surface area contributed by atoms with E-state index in [4.69, 9.17) is 0 Å².